The van der Waals surface area contributed by atoms with E-state index >= 15 is 0 Å². The van der Waals surface area contributed by atoms with Gasteiger partial charge in [0.25, 0.3) is 5.69 Å². The average Bonchev–Trinajstić information content (AvgIpc) is 2.87. The molecule has 0 saturated carbocycles. The molecule has 2 rings (SSSR count). The summed E-state index contributed by atoms with van der Waals surface area (Å²) in [5, 5.41) is 13.6. The van der Waals surface area contributed by atoms with Crippen LogP contribution >= 0.6 is 0 Å². The molecular formula is C8H8N2O2. The smallest absolute Gasteiger partial charge is 0.274 e. The van der Waals surface area contributed by atoms with Crippen molar-refractivity contribution in [2.75, 3.05) is 6.54 Å². The molecule has 1 N–H and O–H groups in total. The zero-order valence-electron chi connectivity index (χ0n) is 6.36. The van der Waals surface area contributed by atoms with Crippen molar-refractivity contribution >= 4 is 5.69 Å². The van der Waals surface area contributed by atoms with Crippen LogP contribution in [-0.2, 0) is 0 Å². The number of benzene rings is 1. The van der Waals surface area contributed by atoms with Gasteiger partial charge in [0.2, 0.25) is 0 Å². The van der Waals surface area contributed by atoms with E-state index in [0.717, 1.165) is 12.1 Å². The van der Waals surface area contributed by atoms with Crippen LogP contribution in [0.1, 0.15) is 11.6 Å². The average molecular weight is 164 g/mol. The van der Waals surface area contributed by atoms with Crippen molar-refractivity contribution in [3.8, 4) is 0 Å². The number of nitrogens with zero attached hydrogens (tertiary/aromatic N) is 1. The SMILES string of the molecule is O=[N+]([O-])c1ccccc1C1CN1. The van der Waals surface area contributed by atoms with E-state index in [0.29, 0.717) is 0 Å². The Balaban J connectivity index is 2.43. The minimum atomic E-state index is -0.338. The highest BCUT2D eigenvalue weighted by molar-refractivity contribution is 5.43. The molecule has 0 spiro atoms. The van der Waals surface area contributed by atoms with Crippen LogP contribution in [0.3, 0.4) is 0 Å². The van der Waals surface area contributed by atoms with Gasteiger partial charge in [0.1, 0.15) is 0 Å². The minimum absolute atomic E-state index is 0.201. The van der Waals surface area contributed by atoms with Crippen LogP contribution in [0, 0.1) is 10.1 Å². The molecule has 1 aliphatic rings. The molecular weight excluding hydrogens is 156 g/mol. The van der Waals surface area contributed by atoms with Crippen LogP contribution in [0.25, 0.3) is 0 Å². The topological polar surface area (TPSA) is 65.1 Å². The Bertz CT molecular complexity index is 321. The Kier molecular flexibility index (Phi) is 1.55. The van der Waals surface area contributed by atoms with E-state index in [2.05, 4.69) is 5.32 Å². The van der Waals surface area contributed by atoms with Crippen molar-refractivity contribution in [2.24, 2.45) is 0 Å². The summed E-state index contributed by atoms with van der Waals surface area (Å²) in [6.07, 6.45) is 0. The van der Waals surface area contributed by atoms with Gasteiger partial charge < -0.3 is 5.32 Å². The summed E-state index contributed by atoms with van der Waals surface area (Å²) in [4.78, 5) is 10.2. The maximum atomic E-state index is 10.5. The summed E-state index contributed by atoms with van der Waals surface area (Å²) in [5.74, 6) is 0. The predicted molar refractivity (Wildman–Crippen MR) is 43.8 cm³/mol. The molecule has 0 aliphatic carbocycles. The molecule has 1 aromatic carbocycles. The number of rotatable bonds is 2. The maximum Gasteiger partial charge on any atom is 0.274 e. The second-order valence-corrected chi connectivity index (χ2v) is 2.78. The van der Waals surface area contributed by atoms with Crippen LogP contribution in [0.5, 0.6) is 0 Å². The van der Waals surface area contributed by atoms with E-state index in [1.165, 1.54) is 6.07 Å². The van der Waals surface area contributed by atoms with Gasteiger partial charge in [0.15, 0.2) is 0 Å². The number of nitrogens with one attached hydrogen (secondary N) is 1. The highest BCUT2D eigenvalue weighted by Gasteiger charge is 2.28. The lowest BCUT2D eigenvalue weighted by Crippen LogP contribution is -1.94. The van der Waals surface area contributed by atoms with E-state index in [1.54, 1.807) is 12.1 Å². The van der Waals surface area contributed by atoms with E-state index in [-0.39, 0.29) is 16.7 Å². The van der Waals surface area contributed by atoms with Crippen molar-refractivity contribution in [1.82, 2.24) is 5.32 Å². The number of nitro benzene ring substituents is 1. The molecule has 1 saturated heterocycles. The third-order valence-electron chi connectivity index (χ3n) is 1.92. The van der Waals surface area contributed by atoms with Gasteiger partial charge in [-0.05, 0) is 0 Å². The summed E-state index contributed by atoms with van der Waals surface area (Å²) in [6, 6.07) is 7.04. The highest BCUT2D eigenvalue weighted by Crippen LogP contribution is 2.29. The molecule has 0 aromatic heterocycles. The summed E-state index contributed by atoms with van der Waals surface area (Å²) >= 11 is 0. The monoisotopic (exact) mass is 164 g/mol. The third kappa shape index (κ3) is 1.16. The molecule has 1 heterocycles. The van der Waals surface area contributed by atoms with Crippen LogP contribution in [-0.4, -0.2) is 11.5 Å². The van der Waals surface area contributed by atoms with Crippen LogP contribution < -0.4 is 5.32 Å². The third-order valence-corrected chi connectivity index (χ3v) is 1.92. The number of nitro groups is 1. The van der Waals surface area contributed by atoms with Crippen molar-refractivity contribution < 1.29 is 4.92 Å². The normalized spacial score (nSPS) is 20.5. The van der Waals surface area contributed by atoms with Crippen LogP contribution in [0.15, 0.2) is 24.3 Å². The second kappa shape index (κ2) is 2.57. The van der Waals surface area contributed by atoms with Gasteiger partial charge in [-0.1, -0.05) is 18.2 Å². The Morgan fingerprint density at radius 2 is 2.17 bits per heavy atom. The first-order valence-corrected chi connectivity index (χ1v) is 3.76. The number of hydrogen-bond acceptors (Lipinski definition) is 3. The molecule has 1 atom stereocenters. The van der Waals surface area contributed by atoms with E-state index in [9.17, 15) is 10.1 Å². The van der Waals surface area contributed by atoms with Crippen molar-refractivity contribution in [1.29, 1.82) is 0 Å². The van der Waals surface area contributed by atoms with Gasteiger partial charge in [0, 0.05) is 18.2 Å². The van der Waals surface area contributed by atoms with Gasteiger partial charge in [-0.2, -0.15) is 0 Å². The highest BCUT2D eigenvalue weighted by atomic mass is 16.6. The molecule has 0 bridgehead atoms. The second-order valence-electron chi connectivity index (χ2n) is 2.78. The predicted octanol–water partition coefficient (Wildman–Crippen LogP) is 1.24. The molecule has 4 heteroatoms. The van der Waals surface area contributed by atoms with Crippen molar-refractivity contribution in [3.05, 3.63) is 39.9 Å². The van der Waals surface area contributed by atoms with Crippen molar-refractivity contribution in [3.63, 3.8) is 0 Å². The molecule has 0 amide bonds. The first-order valence-electron chi connectivity index (χ1n) is 3.76. The van der Waals surface area contributed by atoms with Crippen molar-refractivity contribution in [2.45, 2.75) is 6.04 Å². The summed E-state index contributed by atoms with van der Waals surface area (Å²) < 4.78 is 0. The Hall–Kier alpha value is -1.42. The Morgan fingerprint density at radius 3 is 2.75 bits per heavy atom. The lowest BCUT2D eigenvalue weighted by molar-refractivity contribution is -0.385. The Labute approximate surface area is 69.4 Å². The van der Waals surface area contributed by atoms with E-state index < -0.39 is 0 Å². The molecule has 1 aromatic rings. The summed E-state index contributed by atoms with van der Waals surface area (Å²) in [7, 11) is 0. The Morgan fingerprint density at radius 1 is 1.50 bits per heavy atom. The first-order chi connectivity index (χ1) is 5.79. The summed E-state index contributed by atoms with van der Waals surface area (Å²) in [6.45, 7) is 0.852. The van der Waals surface area contributed by atoms with Gasteiger partial charge in [-0.3, -0.25) is 10.1 Å². The van der Waals surface area contributed by atoms with Crippen LogP contribution in [0.2, 0.25) is 0 Å². The fourth-order valence-electron chi connectivity index (χ4n) is 1.23. The zero-order valence-corrected chi connectivity index (χ0v) is 6.36. The molecule has 0 radical (unpaired) electrons. The van der Waals surface area contributed by atoms with Gasteiger partial charge >= 0.3 is 0 Å². The van der Waals surface area contributed by atoms with Gasteiger partial charge in [0.05, 0.1) is 11.0 Å². The molecule has 1 aliphatic heterocycles. The zero-order chi connectivity index (χ0) is 8.55. The molecule has 62 valence electrons. The molecule has 4 nitrogen and oxygen atoms in total. The lowest BCUT2D eigenvalue weighted by Gasteiger charge is -1.97. The van der Waals surface area contributed by atoms with Gasteiger partial charge in [-0.25, -0.2) is 0 Å². The molecule has 1 fully saturated rings. The molecule has 1 unspecified atom stereocenters. The largest absolute Gasteiger partial charge is 0.307 e. The number of para-hydroxylation sites is 1. The minimum Gasteiger partial charge on any atom is -0.307 e. The number of hydrogen-bond donors (Lipinski definition) is 1. The quantitative estimate of drug-likeness (QED) is 0.406. The van der Waals surface area contributed by atoms with E-state index in [1.807, 2.05) is 6.07 Å². The summed E-state index contributed by atoms with van der Waals surface area (Å²) in [5.41, 5.74) is 1.01. The fraction of sp³-hybridized carbons (Fsp3) is 0.250. The van der Waals surface area contributed by atoms with Gasteiger partial charge in [-0.15, -0.1) is 0 Å². The standard InChI is InChI=1S/C8H8N2O2/c11-10(12)8-4-2-1-3-6(8)7-5-9-7/h1-4,7,9H,5H2. The van der Waals surface area contributed by atoms with E-state index in [4.69, 9.17) is 0 Å². The lowest BCUT2D eigenvalue weighted by atomic mass is 10.1. The van der Waals surface area contributed by atoms with Crippen LogP contribution in [0.4, 0.5) is 5.69 Å². The maximum absolute atomic E-state index is 10.5. The first kappa shape index (κ1) is 7.24. The molecule has 12 heavy (non-hydrogen) atoms. The fourth-order valence-corrected chi connectivity index (χ4v) is 1.23.